The van der Waals surface area contributed by atoms with E-state index in [0.29, 0.717) is 17.8 Å². The van der Waals surface area contributed by atoms with Crippen molar-refractivity contribution in [3.8, 4) is 5.75 Å². The summed E-state index contributed by atoms with van der Waals surface area (Å²) in [7, 11) is 0. The number of aryl methyl sites for hydroxylation is 1. The van der Waals surface area contributed by atoms with Crippen LogP contribution in [0.5, 0.6) is 5.75 Å². The van der Waals surface area contributed by atoms with Crippen LogP contribution in [0.4, 0.5) is 0 Å². The first-order chi connectivity index (χ1) is 9.63. The molecule has 0 radical (unpaired) electrons. The second kappa shape index (κ2) is 5.49. The number of nitrogens with zero attached hydrogens (tertiary/aromatic N) is 2. The Labute approximate surface area is 124 Å². The molecule has 1 aliphatic rings. The van der Waals surface area contributed by atoms with Gasteiger partial charge in [0.25, 0.3) is 0 Å². The first kappa shape index (κ1) is 13.5. The van der Waals surface area contributed by atoms with Gasteiger partial charge in [0.05, 0.1) is 0 Å². The molecule has 0 saturated carbocycles. The van der Waals surface area contributed by atoms with Crippen LogP contribution in [0.25, 0.3) is 0 Å². The Morgan fingerprint density at radius 2 is 2.30 bits per heavy atom. The first-order valence-corrected chi connectivity index (χ1v) is 7.44. The summed E-state index contributed by atoms with van der Waals surface area (Å²) in [5.74, 6) is 1.57. The number of rotatable bonds is 3. The van der Waals surface area contributed by atoms with E-state index in [4.69, 9.17) is 16.3 Å². The van der Waals surface area contributed by atoms with E-state index in [-0.39, 0.29) is 0 Å². The highest BCUT2D eigenvalue weighted by molar-refractivity contribution is 6.28. The number of hydrogen-bond donors (Lipinski definition) is 0. The highest BCUT2D eigenvalue weighted by Gasteiger charge is 2.22. The number of aromatic nitrogens is 2. The molecular formula is C16H19ClN2O. The number of halogens is 1. The fourth-order valence-electron chi connectivity index (χ4n) is 2.71. The summed E-state index contributed by atoms with van der Waals surface area (Å²) in [6, 6.07) is 8.07. The maximum Gasteiger partial charge on any atom is 0.203 e. The predicted molar refractivity (Wildman–Crippen MR) is 80.2 cm³/mol. The molecule has 2 aromatic rings. The molecule has 20 heavy (non-hydrogen) atoms. The van der Waals surface area contributed by atoms with Crippen molar-refractivity contribution in [3.63, 3.8) is 0 Å². The second-order valence-corrected chi connectivity index (χ2v) is 5.97. The minimum absolute atomic E-state index is 0.484. The Bertz CT molecular complexity index is 621. The lowest BCUT2D eigenvalue weighted by atomic mass is 9.97. The van der Waals surface area contributed by atoms with Crippen LogP contribution in [0, 0.1) is 12.8 Å². The topological polar surface area (TPSA) is 27.1 Å². The Morgan fingerprint density at radius 1 is 1.45 bits per heavy atom. The van der Waals surface area contributed by atoms with Gasteiger partial charge in [0.1, 0.15) is 18.1 Å². The van der Waals surface area contributed by atoms with Gasteiger partial charge in [0.2, 0.25) is 5.28 Å². The van der Waals surface area contributed by atoms with Crippen LogP contribution in [0.2, 0.25) is 5.28 Å². The van der Waals surface area contributed by atoms with E-state index in [1.54, 1.807) is 0 Å². The number of hydrogen-bond acceptors (Lipinski definition) is 2. The van der Waals surface area contributed by atoms with E-state index < -0.39 is 0 Å². The summed E-state index contributed by atoms with van der Waals surface area (Å²) in [6.07, 6.45) is 2.20. The monoisotopic (exact) mass is 290 g/mol. The predicted octanol–water partition coefficient (Wildman–Crippen LogP) is 4.01. The molecule has 1 atom stereocenters. The standard InChI is InChI=1S/C16H19ClN2O/c1-11-4-3-5-13(8-11)20-10-14-15-9-12(2)6-7-19(15)16(17)18-14/h3-5,8,12H,6-7,9-10H2,1-2H3. The Morgan fingerprint density at radius 3 is 3.10 bits per heavy atom. The summed E-state index contributed by atoms with van der Waals surface area (Å²) in [6.45, 7) is 5.78. The molecule has 1 aliphatic heterocycles. The summed E-state index contributed by atoms with van der Waals surface area (Å²) < 4.78 is 7.97. The van der Waals surface area contributed by atoms with Crippen LogP contribution in [0.15, 0.2) is 24.3 Å². The van der Waals surface area contributed by atoms with E-state index in [2.05, 4.69) is 29.5 Å². The van der Waals surface area contributed by atoms with Crippen molar-refractivity contribution >= 4 is 11.6 Å². The lowest BCUT2D eigenvalue weighted by Gasteiger charge is -2.21. The largest absolute Gasteiger partial charge is 0.487 e. The summed E-state index contributed by atoms with van der Waals surface area (Å²) in [5.41, 5.74) is 3.41. The van der Waals surface area contributed by atoms with Gasteiger partial charge in [-0.15, -0.1) is 0 Å². The normalized spacial score (nSPS) is 17.9. The molecule has 3 rings (SSSR count). The Hall–Kier alpha value is -1.48. The molecule has 0 saturated heterocycles. The molecule has 0 amide bonds. The Balaban J connectivity index is 1.78. The SMILES string of the molecule is Cc1cccc(OCc2nc(Cl)n3c2CC(C)CC3)c1. The average molecular weight is 291 g/mol. The third kappa shape index (κ3) is 2.68. The van der Waals surface area contributed by atoms with Crippen LogP contribution in [0.1, 0.15) is 30.3 Å². The molecule has 3 nitrogen and oxygen atoms in total. The quantitative estimate of drug-likeness (QED) is 0.854. The summed E-state index contributed by atoms with van der Waals surface area (Å²) >= 11 is 6.21. The maximum atomic E-state index is 6.21. The lowest BCUT2D eigenvalue weighted by molar-refractivity contribution is 0.297. The van der Waals surface area contributed by atoms with E-state index in [1.807, 2.05) is 18.2 Å². The number of ether oxygens (including phenoxy) is 1. The fraction of sp³-hybridized carbons (Fsp3) is 0.438. The van der Waals surface area contributed by atoms with E-state index in [9.17, 15) is 0 Å². The van der Waals surface area contributed by atoms with Crippen molar-refractivity contribution in [2.24, 2.45) is 5.92 Å². The zero-order valence-electron chi connectivity index (χ0n) is 11.9. The third-order valence-corrected chi connectivity index (χ3v) is 4.15. The molecule has 1 unspecified atom stereocenters. The van der Waals surface area contributed by atoms with Crippen molar-refractivity contribution in [2.45, 2.75) is 39.8 Å². The molecule has 1 aromatic carbocycles. The van der Waals surface area contributed by atoms with Gasteiger partial charge < -0.3 is 9.30 Å². The highest BCUT2D eigenvalue weighted by atomic mass is 35.5. The van der Waals surface area contributed by atoms with Gasteiger partial charge in [0.15, 0.2) is 0 Å². The molecule has 0 fully saturated rings. The van der Waals surface area contributed by atoms with Gasteiger partial charge in [-0.3, -0.25) is 0 Å². The second-order valence-electron chi connectivity index (χ2n) is 5.63. The number of fused-ring (bicyclic) bond motifs is 1. The zero-order valence-corrected chi connectivity index (χ0v) is 12.7. The van der Waals surface area contributed by atoms with Gasteiger partial charge in [-0.2, -0.15) is 0 Å². The number of benzene rings is 1. The van der Waals surface area contributed by atoms with Gasteiger partial charge in [0, 0.05) is 12.2 Å². The van der Waals surface area contributed by atoms with Crippen LogP contribution < -0.4 is 4.74 Å². The minimum Gasteiger partial charge on any atom is -0.487 e. The van der Waals surface area contributed by atoms with E-state index in [0.717, 1.165) is 24.4 Å². The van der Waals surface area contributed by atoms with Crippen molar-refractivity contribution in [2.75, 3.05) is 0 Å². The van der Waals surface area contributed by atoms with Gasteiger partial charge in [-0.25, -0.2) is 4.98 Å². The average Bonchev–Trinajstić information content (AvgIpc) is 2.73. The Kier molecular flexibility index (Phi) is 3.70. The smallest absolute Gasteiger partial charge is 0.203 e. The zero-order chi connectivity index (χ0) is 14.1. The molecule has 0 N–H and O–H groups in total. The molecule has 0 spiro atoms. The molecular weight excluding hydrogens is 272 g/mol. The van der Waals surface area contributed by atoms with Gasteiger partial charge in [-0.05, 0) is 55.0 Å². The molecule has 106 valence electrons. The number of imidazole rings is 1. The van der Waals surface area contributed by atoms with Crippen LogP contribution in [-0.2, 0) is 19.6 Å². The van der Waals surface area contributed by atoms with E-state index >= 15 is 0 Å². The van der Waals surface area contributed by atoms with Gasteiger partial charge in [-0.1, -0.05) is 19.1 Å². The van der Waals surface area contributed by atoms with Crippen LogP contribution in [0.3, 0.4) is 0 Å². The molecule has 4 heteroatoms. The minimum atomic E-state index is 0.484. The lowest BCUT2D eigenvalue weighted by Crippen LogP contribution is -2.18. The summed E-state index contributed by atoms with van der Waals surface area (Å²) in [4.78, 5) is 4.47. The molecule has 2 heterocycles. The van der Waals surface area contributed by atoms with Crippen LogP contribution in [-0.4, -0.2) is 9.55 Å². The highest BCUT2D eigenvalue weighted by Crippen LogP contribution is 2.27. The first-order valence-electron chi connectivity index (χ1n) is 7.06. The van der Waals surface area contributed by atoms with Gasteiger partial charge >= 0.3 is 0 Å². The molecule has 0 bridgehead atoms. The maximum absolute atomic E-state index is 6.21. The van der Waals surface area contributed by atoms with Crippen LogP contribution >= 0.6 is 11.6 Å². The third-order valence-electron chi connectivity index (χ3n) is 3.86. The summed E-state index contributed by atoms with van der Waals surface area (Å²) in [5, 5.41) is 0.592. The molecule has 1 aromatic heterocycles. The van der Waals surface area contributed by atoms with Crippen molar-refractivity contribution < 1.29 is 4.74 Å². The van der Waals surface area contributed by atoms with E-state index in [1.165, 1.54) is 17.7 Å². The van der Waals surface area contributed by atoms with Crippen molar-refractivity contribution in [1.29, 1.82) is 0 Å². The fourth-order valence-corrected chi connectivity index (χ4v) is 3.00. The van der Waals surface area contributed by atoms with Crippen molar-refractivity contribution in [1.82, 2.24) is 9.55 Å². The van der Waals surface area contributed by atoms with Crippen molar-refractivity contribution in [3.05, 3.63) is 46.5 Å². The molecule has 0 aliphatic carbocycles.